The van der Waals surface area contributed by atoms with Crippen LogP contribution in [0.15, 0.2) is 23.6 Å². The molecule has 5 heteroatoms. The molecule has 0 unspecified atom stereocenters. The van der Waals surface area contributed by atoms with Crippen molar-refractivity contribution in [2.45, 2.75) is 32.8 Å². The maximum atomic E-state index is 5.89. The molecule has 20 heavy (non-hydrogen) atoms. The second kappa shape index (κ2) is 5.71. The molecule has 0 atom stereocenters. The van der Waals surface area contributed by atoms with Crippen molar-refractivity contribution >= 4 is 17.0 Å². The molecule has 1 aromatic carbocycles. The Bertz CT molecular complexity index is 588. The van der Waals surface area contributed by atoms with Crippen molar-refractivity contribution in [3.8, 4) is 11.5 Å². The topological polar surface area (TPSA) is 57.4 Å². The number of aromatic nitrogens is 1. The first kappa shape index (κ1) is 14.7. The average Bonchev–Trinajstić information content (AvgIpc) is 2.86. The number of nitrogens with two attached hydrogens (primary N) is 1. The van der Waals surface area contributed by atoms with Crippen molar-refractivity contribution in [1.29, 1.82) is 0 Å². The van der Waals surface area contributed by atoms with Crippen LogP contribution >= 0.6 is 11.3 Å². The van der Waals surface area contributed by atoms with Gasteiger partial charge in [-0.25, -0.2) is 4.98 Å². The third-order valence-electron chi connectivity index (χ3n) is 2.89. The lowest BCUT2D eigenvalue weighted by molar-refractivity contribution is 0.304. The molecule has 0 saturated carbocycles. The predicted octanol–water partition coefficient (Wildman–Crippen LogP) is 3.61. The number of hydrogen-bond acceptors (Lipinski definition) is 5. The van der Waals surface area contributed by atoms with Crippen LogP contribution in [0, 0.1) is 0 Å². The maximum absolute atomic E-state index is 5.89. The molecule has 0 saturated heterocycles. The summed E-state index contributed by atoms with van der Waals surface area (Å²) in [4.78, 5) is 4.59. The fourth-order valence-corrected chi connectivity index (χ4v) is 2.56. The molecule has 0 aliphatic rings. The normalized spacial score (nSPS) is 11.4. The van der Waals surface area contributed by atoms with E-state index in [1.165, 1.54) is 0 Å². The van der Waals surface area contributed by atoms with Crippen LogP contribution in [0.5, 0.6) is 11.5 Å². The van der Waals surface area contributed by atoms with E-state index in [0.29, 0.717) is 18.0 Å². The maximum Gasteiger partial charge on any atom is 0.146 e. The van der Waals surface area contributed by atoms with Crippen molar-refractivity contribution in [3.05, 3.63) is 34.3 Å². The van der Waals surface area contributed by atoms with E-state index in [0.717, 1.165) is 16.5 Å². The fourth-order valence-electron chi connectivity index (χ4n) is 1.63. The van der Waals surface area contributed by atoms with Gasteiger partial charge in [-0.1, -0.05) is 20.8 Å². The van der Waals surface area contributed by atoms with E-state index in [2.05, 4.69) is 31.1 Å². The van der Waals surface area contributed by atoms with E-state index in [9.17, 15) is 0 Å². The summed E-state index contributed by atoms with van der Waals surface area (Å²) in [7, 11) is 1.62. The van der Waals surface area contributed by atoms with Gasteiger partial charge in [-0.3, -0.25) is 0 Å². The zero-order valence-corrected chi connectivity index (χ0v) is 13.1. The number of nitrogen functional groups attached to an aromatic ring is 1. The number of hydrogen-bond donors (Lipinski definition) is 1. The van der Waals surface area contributed by atoms with Gasteiger partial charge in [0.25, 0.3) is 0 Å². The molecule has 2 N–H and O–H groups in total. The van der Waals surface area contributed by atoms with E-state index in [-0.39, 0.29) is 5.41 Å². The molecule has 0 aliphatic carbocycles. The lowest BCUT2D eigenvalue weighted by Gasteiger charge is -2.14. The Balaban J connectivity index is 2.07. The van der Waals surface area contributed by atoms with Crippen molar-refractivity contribution in [2.75, 3.05) is 12.8 Å². The molecule has 1 aromatic heterocycles. The van der Waals surface area contributed by atoms with Gasteiger partial charge in [-0.2, -0.15) is 0 Å². The first-order chi connectivity index (χ1) is 9.40. The minimum Gasteiger partial charge on any atom is -0.497 e. The molecular formula is C15H20N2O2S. The average molecular weight is 292 g/mol. The van der Waals surface area contributed by atoms with Crippen molar-refractivity contribution < 1.29 is 9.47 Å². The molecule has 1 heterocycles. The molecular weight excluding hydrogens is 272 g/mol. The van der Waals surface area contributed by atoms with Gasteiger partial charge in [0.05, 0.1) is 18.5 Å². The third-order valence-corrected chi connectivity index (χ3v) is 3.71. The Hall–Kier alpha value is -1.75. The molecule has 0 aliphatic heterocycles. The second-order valence-electron chi connectivity index (χ2n) is 5.57. The number of anilines is 1. The first-order valence-corrected chi connectivity index (χ1v) is 7.29. The van der Waals surface area contributed by atoms with Crippen molar-refractivity contribution in [2.24, 2.45) is 0 Å². The van der Waals surface area contributed by atoms with Crippen LogP contribution < -0.4 is 15.2 Å². The monoisotopic (exact) mass is 292 g/mol. The number of ether oxygens (including phenoxy) is 2. The van der Waals surface area contributed by atoms with Gasteiger partial charge in [-0.15, -0.1) is 11.3 Å². The summed E-state index contributed by atoms with van der Waals surface area (Å²) in [6, 6.07) is 5.37. The first-order valence-electron chi connectivity index (χ1n) is 6.41. The van der Waals surface area contributed by atoms with Crippen LogP contribution in [0.25, 0.3) is 0 Å². The molecule has 4 nitrogen and oxygen atoms in total. The summed E-state index contributed by atoms with van der Waals surface area (Å²) in [6.07, 6.45) is 0. The van der Waals surface area contributed by atoms with Gasteiger partial charge in [0.1, 0.15) is 23.1 Å². The Morgan fingerprint density at radius 3 is 2.65 bits per heavy atom. The molecule has 0 spiro atoms. The van der Waals surface area contributed by atoms with E-state index >= 15 is 0 Å². The zero-order valence-electron chi connectivity index (χ0n) is 12.3. The highest BCUT2D eigenvalue weighted by Crippen LogP contribution is 2.29. The predicted molar refractivity (Wildman–Crippen MR) is 82.6 cm³/mol. The highest BCUT2D eigenvalue weighted by molar-refractivity contribution is 7.09. The Morgan fingerprint density at radius 2 is 2.05 bits per heavy atom. The molecule has 0 amide bonds. The van der Waals surface area contributed by atoms with Gasteiger partial charge in [-0.05, 0) is 12.1 Å². The number of nitrogens with zero attached hydrogens (tertiary/aromatic N) is 1. The van der Waals surface area contributed by atoms with Gasteiger partial charge < -0.3 is 15.2 Å². The summed E-state index contributed by atoms with van der Waals surface area (Å²) in [5.41, 5.74) is 7.62. The van der Waals surface area contributed by atoms with Crippen LogP contribution in [0.3, 0.4) is 0 Å². The Morgan fingerprint density at radius 1 is 1.30 bits per heavy atom. The van der Waals surface area contributed by atoms with Gasteiger partial charge >= 0.3 is 0 Å². The highest BCUT2D eigenvalue weighted by atomic mass is 32.1. The smallest absolute Gasteiger partial charge is 0.146 e. The summed E-state index contributed by atoms with van der Waals surface area (Å²) in [6.45, 7) is 6.85. The van der Waals surface area contributed by atoms with Crippen LogP contribution in [-0.4, -0.2) is 12.1 Å². The molecule has 0 fully saturated rings. The number of methoxy groups -OCH3 is 1. The standard InChI is InChI=1S/C15H20N2O2S/c1-15(2,3)13-9-20-14(17-13)8-19-12-7-10(18-4)5-6-11(12)16/h5-7,9H,8,16H2,1-4H3. The SMILES string of the molecule is COc1ccc(N)c(OCc2nc(C(C)(C)C)cs2)c1. The van der Waals surface area contributed by atoms with Gasteiger partial charge in [0.2, 0.25) is 0 Å². The van der Waals surface area contributed by atoms with Crippen molar-refractivity contribution in [1.82, 2.24) is 4.98 Å². The fraction of sp³-hybridized carbons (Fsp3) is 0.400. The van der Waals surface area contributed by atoms with E-state index in [4.69, 9.17) is 15.2 Å². The lowest BCUT2D eigenvalue weighted by atomic mass is 9.93. The quantitative estimate of drug-likeness (QED) is 0.875. The second-order valence-corrected chi connectivity index (χ2v) is 6.51. The Kier molecular flexibility index (Phi) is 4.18. The van der Waals surface area contributed by atoms with E-state index in [1.54, 1.807) is 30.6 Å². The molecule has 108 valence electrons. The van der Waals surface area contributed by atoms with Crippen LogP contribution in [0.4, 0.5) is 5.69 Å². The number of thiazole rings is 1. The van der Waals surface area contributed by atoms with Crippen LogP contribution in [0.2, 0.25) is 0 Å². The summed E-state index contributed by atoms with van der Waals surface area (Å²) in [5.74, 6) is 1.35. The van der Waals surface area contributed by atoms with Crippen LogP contribution in [0.1, 0.15) is 31.5 Å². The number of rotatable bonds is 4. The van der Waals surface area contributed by atoms with Crippen LogP contribution in [-0.2, 0) is 12.0 Å². The summed E-state index contributed by atoms with van der Waals surface area (Å²) in [5, 5.41) is 3.02. The van der Waals surface area contributed by atoms with E-state index < -0.39 is 0 Å². The number of benzene rings is 1. The molecule has 2 aromatic rings. The minimum atomic E-state index is 0.0593. The molecule has 2 rings (SSSR count). The largest absolute Gasteiger partial charge is 0.497 e. The molecule has 0 bridgehead atoms. The molecule has 0 radical (unpaired) electrons. The van der Waals surface area contributed by atoms with Gasteiger partial charge in [0, 0.05) is 16.9 Å². The zero-order chi connectivity index (χ0) is 14.8. The van der Waals surface area contributed by atoms with Crippen molar-refractivity contribution in [3.63, 3.8) is 0 Å². The highest BCUT2D eigenvalue weighted by Gasteiger charge is 2.17. The van der Waals surface area contributed by atoms with E-state index in [1.807, 2.05) is 6.07 Å². The minimum absolute atomic E-state index is 0.0593. The lowest BCUT2D eigenvalue weighted by Crippen LogP contribution is -2.11. The summed E-state index contributed by atoms with van der Waals surface area (Å²) >= 11 is 1.60. The van der Waals surface area contributed by atoms with Gasteiger partial charge in [0.15, 0.2) is 0 Å². The summed E-state index contributed by atoms with van der Waals surface area (Å²) < 4.78 is 10.9. The third kappa shape index (κ3) is 3.42. The Labute approximate surface area is 123 Å².